The van der Waals surface area contributed by atoms with E-state index >= 15 is 0 Å². The number of methoxy groups -OCH3 is 1. The normalized spacial score (nSPS) is 20.0. The van der Waals surface area contributed by atoms with Crippen molar-refractivity contribution in [3.63, 3.8) is 0 Å². The van der Waals surface area contributed by atoms with Gasteiger partial charge in [-0.05, 0) is 25.5 Å². The van der Waals surface area contributed by atoms with Crippen LogP contribution in [-0.4, -0.2) is 37.4 Å². The predicted octanol–water partition coefficient (Wildman–Crippen LogP) is 1.56. The summed E-state index contributed by atoms with van der Waals surface area (Å²) in [6.45, 7) is 3.37. The first-order chi connectivity index (χ1) is 9.13. The van der Waals surface area contributed by atoms with Crippen LogP contribution in [0.1, 0.15) is 23.7 Å². The molecular weight excluding hydrogens is 246 g/mol. The van der Waals surface area contributed by atoms with Gasteiger partial charge in [-0.3, -0.25) is 4.79 Å². The fraction of sp³-hybridized carbons (Fsp3) is 0.500. The topological polar surface area (TPSA) is 67.8 Å². The summed E-state index contributed by atoms with van der Waals surface area (Å²) < 4.78 is 10.3. The number of nitrogens with one attached hydrogen (secondary N) is 1. The van der Waals surface area contributed by atoms with Gasteiger partial charge in [0.25, 0.3) is 5.91 Å². The molecule has 1 amide bonds. The molecule has 1 saturated heterocycles. The maximum Gasteiger partial charge on any atom is 0.255 e. The summed E-state index contributed by atoms with van der Waals surface area (Å²) in [4.78, 5) is 12.1. The number of ether oxygens (including phenoxy) is 2. The van der Waals surface area contributed by atoms with Gasteiger partial charge in [-0.15, -0.1) is 0 Å². The van der Waals surface area contributed by atoms with Crippen LogP contribution < -0.4 is 10.1 Å². The van der Waals surface area contributed by atoms with Crippen molar-refractivity contribution in [2.45, 2.75) is 19.4 Å². The van der Waals surface area contributed by atoms with Crippen molar-refractivity contribution in [2.75, 3.05) is 20.3 Å². The maximum absolute atomic E-state index is 12.1. The first-order valence-corrected chi connectivity index (χ1v) is 6.38. The second kappa shape index (κ2) is 5.93. The Balaban J connectivity index is 2.07. The maximum atomic E-state index is 12.1. The van der Waals surface area contributed by atoms with Gasteiger partial charge in [0.15, 0.2) is 11.5 Å². The van der Waals surface area contributed by atoms with Crippen LogP contribution in [0.3, 0.4) is 0 Å². The van der Waals surface area contributed by atoms with Gasteiger partial charge in [0.1, 0.15) is 0 Å². The Bertz CT molecular complexity index is 455. The van der Waals surface area contributed by atoms with Crippen molar-refractivity contribution in [1.29, 1.82) is 0 Å². The third kappa shape index (κ3) is 2.98. The monoisotopic (exact) mass is 265 g/mol. The summed E-state index contributed by atoms with van der Waals surface area (Å²) in [7, 11) is 1.45. The lowest BCUT2D eigenvalue weighted by Gasteiger charge is -2.19. The number of benzene rings is 1. The van der Waals surface area contributed by atoms with Crippen molar-refractivity contribution >= 4 is 5.91 Å². The number of carbonyl (C=O) groups is 1. The highest BCUT2D eigenvalue weighted by Crippen LogP contribution is 2.29. The summed E-state index contributed by atoms with van der Waals surface area (Å²) in [5.41, 5.74) is 0.227. The van der Waals surface area contributed by atoms with E-state index in [4.69, 9.17) is 9.47 Å². The second-order valence-corrected chi connectivity index (χ2v) is 4.74. The Labute approximate surface area is 112 Å². The van der Waals surface area contributed by atoms with E-state index in [0.717, 1.165) is 13.0 Å². The van der Waals surface area contributed by atoms with Crippen LogP contribution in [0.4, 0.5) is 0 Å². The molecule has 0 aliphatic carbocycles. The first kappa shape index (κ1) is 13.7. The average molecular weight is 265 g/mol. The summed E-state index contributed by atoms with van der Waals surface area (Å²) in [5.74, 6) is 0.203. The van der Waals surface area contributed by atoms with E-state index in [0.29, 0.717) is 18.3 Å². The molecule has 0 bridgehead atoms. The lowest BCUT2D eigenvalue weighted by molar-refractivity contribution is 0.0919. The minimum absolute atomic E-state index is 0.0144. The summed E-state index contributed by atoms with van der Waals surface area (Å²) in [5, 5.41) is 12.8. The lowest BCUT2D eigenvalue weighted by atomic mass is 10.0. The van der Waals surface area contributed by atoms with Crippen LogP contribution in [0.5, 0.6) is 11.5 Å². The van der Waals surface area contributed by atoms with Crippen LogP contribution in [0.2, 0.25) is 0 Å². The molecule has 1 aliphatic heterocycles. The van der Waals surface area contributed by atoms with Gasteiger partial charge in [-0.2, -0.15) is 0 Å². The van der Waals surface area contributed by atoms with Crippen molar-refractivity contribution in [3.8, 4) is 11.5 Å². The molecule has 0 radical (unpaired) electrons. The van der Waals surface area contributed by atoms with Crippen LogP contribution in [0.25, 0.3) is 0 Å². The largest absolute Gasteiger partial charge is 0.504 e. The Hall–Kier alpha value is -1.75. The van der Waals surface area contributed by atoms with Crippen LogP contribution in [0.15, 0.2) is 18.2 Å². The number of phenols is 1. The molecule has 1 aromatic carbocycles. The van der Waals surface area contributed by atoms with E-state index in [1.165, 1.54) is 7.11 Å². The van der Waals surface area contributed by atoms with Gasteiger partial charge in [-0.25, -0.2) is 0 Å². The SMILES string of the molecule is COc1cccc(C(=O)NC(C)C2CCOC2)c1O. The molecule has 2 atom stereocenters. The molecule has 104 valence electrons. The second-order valence-electron chi connectivity index (χ2n) is 4.74. The van der Waals surface area contributed by atoms with Crippen LogP contribution in [-0.2, 0) is 4.74 Å². The zero-order chi connectivity index (χ0) is 13.8. The van der Waals surface area contributed by atoms with Crippen LogP contribution in [0, 0.1) is 5.92 Å². The Morgan fingerprint density at radius 3 is 3.00 bits per heavy atom. The quantitative estimate of drug-likeness (QED) is 0.867. The number of phenolic OH excluding ortho intramolecular Hbond substituents is 1. The van der Waals surface area contributed by atoms with E-state index in [2.05, 4.69) is 5.32 Å². The van der Waals surface area contributed by atoms with Crippen molar-refractivity contribution < 1.29 is 19.4 Å². The number of hydrogen-bond donors (Lipinski definition) is 2. The van der Waals surface area contributed by atoms with Gasteiger partial charge in [0.2, 0.25) is 0 Å². The fourth-order valence-corrected chi connectivity index (χ4v) is 2.22. The average Bonchev–Trinajstić information content (AvgIpc) is 2.92. The van der Waals surface area contributed by atoms with Gasteiger partial charge in [-0.1, -0.05) is 6.07 Å². The smallest absolute Gasteiger partial charge is 0.255 e. The molecule has 2 N–H and O–H groups in total. The fourth-order valence-electron chi connectivity index (χ4n) is 2.22. The van der Waals surface area contributed by atoms with E-state index in [-0.39, 0.29) is 23.3 Å². The van der Waals surface area contributed by atoms with Crippen molar-refractivity contribution in [3.05, 3.63) is 23.8 Å². The third-order valence-corrected chi connectivity index (χ3v) is 3.49. The van der Waals surface area contributed by atoms with Gasteiger partial charge in [0, 0.05) is 18.6 Å². The molecule has 5 nitrogen and oxygen atoms in total. The van der Waals surface area contributed by atoms with Crippen molar-refractivity contribution in [2.24, 2.45) is 5.92 Å². The Kier molecular flexibility index (Phi) is 4.27. The predicted molar refractivity (Wildman–Crippen MR) is 70.5 cm³/mol. The third-order valence-electron chi connectivity index (χ3n) is 3.49. The molecule has 5 heteroatoms. The lowest BCUT2D eigenvalue weighted by Crippen LogP contribution is -2.38. The molecule has 0 saturated carbocycles. The highest BCUT2D eigenvalue weighted by Gasteiger charge is 2.25. The molecular formula is C14H19NO4. The number of carbonyl (C=O) groups excluding carboxylic acids is 1. The number of para-hydroxylation sites is 1. The molecule has 0 spiro atoms. The Morgan fingerprint density at radius 2 is 2.37 bits per heavy atom. The molecule has 1 aliphatic rings. The molecule has 0 aromatic heterocycles. The molecule has 1 heterocycles. The molecule has 2 unspecified atom stereocenters. The minimum Gasteiger partial charge on any atom is -0.504 e. The van der Waals surface area contributed by atoms with Crippen molar-refractivity contribution in [1.82, 2.24) is 5.32 Å². The summed E-state index contributed by atoms with van der Waals surface area (Å²) >= 11 is 0. The zero-order valence-corrected chi connectivity index (χ0v) is 11.2. The summed E-state index contributed by atoms with van der Waals surface area (Å²) in [6.07, 6.45) is 0.950. The standard InChI is InChI=1S/C14H19NO4/c1-9(10-6-7-19-8-10)15-14(17)11-4-3-5-12(18-2)13(11)16/h3-5,9-10,16H,6-8H2,1-2H3,(H,15,17). The number of amides is 1. The molecule has 1 aromatic rings. The Morgan fingerprint density at radius 1 is 1.58 bits per heavy atom. The zero-order valence-electron chi connectivity index (χ0n) is 11.2. The van der Waals surface area contributed by atoms with Gasteiger partial charge in [0.05, 0.1) is 19.3 Å². The van der Waals surface area contributed by atoms with E-state index < -0.39 is 0 Å². The van der Waals surface area contributed by atoms with E-state index in [9.17, 15) is 9.90 Å². The molecule has 1 fully saturated rings. The number of hydrogen-bond acceptors (Lipinski definition) is 4. The van der Waals surface area contributed by atoms with Gasteiger partial charge < -0.3 is 19.9 Å². The summed E-state index contributed by atoms with van der Waals surface area (Å²) in [6, 6.07) is 4.88. The first-order valence-electron chi connectivity index (χ1n) is 6.38. The number of rotatable bonds is 4. The minimum atomic E-state index is -0.296. The van der Waals surface area contributed by atoms with Gasteiger partial charge >= 0.3 is 0 Å². The highest BCUT2D eigenvalue weighted by atomic mass is 16.5. The van der Waals surface area contributed by atoms with E-state index in [1.807, 2.05) is 6.92 Å². The number of aromatic hydroxyl groups is 1. The van der Waals surface area contributed by atoms with Crippen LogP contribution >= 0.6 is 0 Å². The molecule has 2 rings (SSSR count). The highest BCUT2D eigenvalue weighted by molar-refractivity contribution is 5.97. The molecule has 19 heavy (non-hydrogen) atoms. The van der Waals surface area contributed by atoms with E-state index in [1.54, 1.807) is 18.2 Å².